The molecular formula is C20H20ClN3O2. The van der Waals surface area contributed by atoms with Gasteiger partial charge in [-0.15, -0.1) is 0 Å². The molecule has 134 valence electrons. The molecule has 0 aliphatic carbocycles. The van der Waals surface area contributed by atoms with Gasteiger partial charge in [-0.2, -0.15) is 5.10 Å². The quantitative estimate of drug-likeness (QED) is 0.687. The summed E-state index contributed by atoms with van der Waals surface area (Å²) in [6.45, 7) is 0.669. The van der Waals surface area contributed by atoms with Gasteiger partial charge in [0.2, 0.25) is 5.91 Å². The van der Waals surface area contributed by atoms with E-state index in [1.165, 1.54) is 0 Å². The highest BCUT2D eigenvalue weighted by Gasteiger charge is 2.07. The van der Waals surface area contributed by atoms with Gasteiger partial charge in [-0.05, 0) is 47.9 Å². The van der Waals surface area contributed by atoms with Gasteiger partial charge in [0.15, 0.2) is 0 Å². The van der Waals surface area contributed by atoms with E-state index in [-0.39, 0.29) is 12.3 Å². The summed E-state index contributed by atoms with van der Waals surface area (Å²) in [7, 11) is 1.68. The predicted octanol–water partition coefficient (Wildman–Crippen LogP) is 3.90. The standard InChI is InChI=1S/C20H20ClN3O2/c1-26-11-10-15-13-22-24(14-15)18-8-6-17(7-9-18)23-20(25)12-16-4-2-3-5-19(16)21/h2-9,13-14H,10-12H2,1H3,(H,23,25). The first kappa shape index (κ1) is 18.2. The summed E-state index contributed by atoms with van der Waals surface area (Å²) in [5.74, 6) is -0.105. The van der Waals surface area contributed by atoms with Gasteiger partial charge < -0.3 is 10.1 Å². The number of anilines is 1. The second-order valence-electron chi connectivity index (χ2n) is 5.90. The minimum atomic E-state index is -0.105. The molecule has 1 amide bonds. The summed E-state index contributed by atoms with van der Waals surface area (Å²) >= 11 is 6.10. The van der Waals surface area contributed by atoms with Crippen molar-refractivity contribution in [2.75, 3.05) is 19.0 Å². The summed E-state index contributed by atoms with van der Waals surface area (Å²) in [6, 6.07) is 14.9. The van der Waals surface area contributed by atoms with Gasteiger partial charge in [-0.1, -0.05) is 29.8 Å². The van der Waals surface area contributed by atoms with E-state index in [9.17, 15) is 4.79 Å². The number of hydrogen-bond acceptors (Lipinski definition) is 3. The molecule has 1 heterocycles. The molecule has 5 nitrogen and oxygen atoms in total. The van der Waals surface area contributed by atoms with Crippen molar-refractivity contribution in [3.05, 3.63) is 77.1 Å². The zero-order chi connectivity index (χ0) is 18.4. The molecule has 0 spiro atoms. The molecule has 3 aromatic rings. The Morgan fingerprint density at radius 3 is 2.69 bits per heavy atom. The fourth-order valence-corrected chi connectivity index (χ4v) is 2.77. The second-order valence-corrected chi connectivity index (χ2v) is 6.31. The van der Waals surface area contributed by atoms with Gasteiger partial charge in [0, 0.05) is 24.0 Å². The number of nitrogens with one attached hydrogen (secondary N) is 1. The molecule has 0 bridgehead atoms. The molecule has 6 heteroatoms. The van der Waals surface area contributed by atoms with Crippen LogP contribution in [-0.4, -0.2) is 29.4 Å². The number of carbonyl (C=O) groups excluding carboxylic acids is 1. The van der Waals surface area contributed by atoms with Crippen LogP contribution in [0.3, 0.4) is 0 Å². The number of carbonyl (C=O) groups is 1. The Balaban J connectivity index is 1.61. The van der Waals surface area contributed by atoms with Gasteiger partial charge in [-0.3, -0.25) is 4.79 Å². The topological polar surface area (TPSA) is 56.1 Å². The number of amides is 1. The van der Waals surface area contributed by atoms with Gasteiger partial charge >= 0.3 is 0 Å². The molecule has 1 aromatic heterocycles. The Bertz CT molecular complexity index is 875. The average Bonchev–Trinajstić information content (AvgIpc) is 3.11. The van der Waals surface area contributed by atoms with Crippen molar-refractivity contribution in [1.29, 1.82) is 0 Å². The first-order valence-electron chi connectivity index (χ1n) is 8.32. The number of halogens is 1. The third-order valence-electron chi connectivity index (χ3n) is 3.96. The van der Waals surface area contributed by atoms with E-state index >= 15 is 0 Å². The summed E-state index contributed by atoms with van der Waals surface area (Å²) in [6.07, 6.45) is 4.87. The van der Waals surface area contributed by atoms with Crippen molar-refractivity contribution >= 4 is 23.2 Å². The lowest BCUT2D eigenvalue weighted by atomic mass is 10.1. The molecule has 0 unspecified atom stereocenters. The lowest BCUT2D eigenvalue weighted by molar-refractivity contribution is -0.115. The van der Waals surface area contributed by atoms with E-state index < -0.39 is 0 Å². The molecular weight excluding hydrogens is 350 g/mol. The maximum absolute atomic E-state index is 12.2. The number of methoxy groups -OCH3 is 1. The summed E-state index contributed by atoms with van der Waals surface area (Å²) in [4.78, 5) is 12.2. The van der Waals surface area contributed by atoms with Gasteiger partial charge in [0.25, 0.3) is 0 Å². The lowest BCUT2D eigenvalue weighted by Gasteiger charge is -2.08. The Morgan fingerprint density at radius 2 is 1.96 bits per heavy atom. The van der Waals surface area contributed by atoms with Crippen molar-refractivity contribution < 1.29 is 9.53 Å². The van der Waals surface area contributed by atoms with Crippen LogP contribution in [0.25, 0.3) is 5.69 Å². The Labute approximate surface area is 157 Å². The third-order valence-corrected chi connectivity index (χ3v) is 4.32. The molecule has 0 radical (unpaired) electrons. The van der Waals surface area contributed by atoms with Crippen LogP contribution >= 0.6 is 11.6 Å². The molecule has 0 saturated heterocycles. The highest BCUT2D eigenvalue weighted by atomic mass is 35.5. The van der Waals surface area contributed by atoms with E-state index in [0.29, 0.717) is 11.6 Å². The monoisotopic (exact) mass is 369 g/mol. The highest BCUT2D eigenvalue weighted by molar-refractivity contribution is 6.31. The fourth-order valence-electron chi connectivity index (χ4n) is 2.57. The molecule has 3 rings (SSSR count). The summed E-state index contributed by atoms with van der Waals surface area (Å²) < 4.78 is 6.88. The van der Waals surface area contributed by atoms with Gasteiger partial charge in [0.1, 0.15) is 0 Å². The highest BCUT2D eigenvalue weighted by Crippen LogP contribution is 2.17. The lowest BCUT2D eigenvalue weighted by Crippen LogP contribution is -2.14. The van der Waals surface area contributed by atoms with Crippen molar-refractivity contribution in [3.8, 4) is 5.69 Å². The number of benzene rings is 2. The Hall–Kier alpha value is -2.63. The zero-order valence-corrected chi connectivity index (χ0v) is 15.2. The van der Waals surface area contributed by atoms with Crippen molar-refractivity contribution in [3.63, 3.8) is 0 Å². The first-order valence-corrected chi connectivity index (χ1v) is 8.69. The zero-order valence-electron chi connectivity index (χ0n) is 14.5. The van der Waals surface area contributed by atoms with E-state index in [2.05, 4.69) is 10.4 Å². The molecule has 2 aromatic carbocycles. The molecule has 0 saturated carbocycles. The van der Waals surface area contributed by atoms with E-state index in [4.69, 9.17) is 16.3 Å². The average molecular weight is 370 g/mol. The fraction of sp³-hybridized carbons (Fsp3) is 0.200. The summed E-state index contributed by atoms with van der Waals surface area (Å²) in [5.41, 5.74) is 3.59. The molecule has 26 heavy (non-hydrogen) atoms. The summed E-state index contributed by atoms with van der Waals surface area (Å²) in [5, 5.41) is 7.84. The van der Waals surface area contributed by atoms with Crippen molar-refractivity contribution in [2.24, 2.45) is 0 Å². The second kappa shape index (κ2) is 8.65. The number of hydrogen-bond donors (Lipinski definition) is 1. The molecule has 0 aliphatic rings. The van der Waals surface area contributed by atoms with Crippen LogP contribution in [0.4, 0.5) is 5.69 Å². The van der Waals surface area contributed by atoms with E-state index in [1.807, 2.05) is 54.9 Å². The predicted molar refractivity (Wildman–Crippen MR) is 103 cm³/mol. The maximum atomic E-state index is 12.2. The third kappa shape index (κ3) is 4.71. The largest absolute Gasteiger partial charge is 0.384 e. The van der Waals surface area contributed by atoms with Crippen LogP contribution in [0.1, 0.15) is 11.1 Å². The number of aromatic nitrogens is 2. The number of rotatable bonds is 7. The minimum absolute atomic E-state index is 0.105. The van der Waals surface area contributed by atoms with Crippen LogP contribution in [0, 0.1) is 0 Å². The van der Waals surface area contributed by atoms with Crippen LogP contribution < -0.4 is 5.32 Å². The molecule has 0 fully saturated rings. The van der Waals surface area contributed by atoms with Crippen molar-refractivity contribution in [2.45, 2.75) is 12.8 Å². The van der Waals surface area contributed by atoms with E-state index in [0.717, 1.165) is 28.9 Å². The molecule has 0 atom stereocenters. The van der Waals surface area contributed by atoms with E-state index in [1.54, 1.807) is 17.9 Å². The SMILES string of the molecule is COCCc1cnn(-c2ccc(NC(=O)Cc3ccccc3Cl)cc2)c1. The van der Waals surface area contributed by atoms with Crippen LogP contribution in [-0.2, 0) is 22.4 Å². The van der Waals surface area contributed by atoms with Crippen molar-refractivity contribution in [1.82, 2.24) is 9.78 Å². The molecule has 1 N–H and O–H groups in total. The smallest absolute Gasteiger partial charge is 0.228 e. The van der Waals surface area contributed by atoms with Crippen LogP contribution in [0.15, 0.2) is 60.9 Å². The van der Waals surface area contributed by atoms with Crippen LogP contribution in [0.2, 0.25) is 5.02 Å². The Morgan fingerprint density at radius 1 is 1.19 bits per heavy atom. The number of nitrogens with zero attached hydrogens (tertiary/aromatic N) is 2. The van der Waals surface area contributed by atoms with Crippen LogP contribution in [0.5, 0.6) is 0 Å². The molecule has 0 aliphatic heterocycles. The maximum Gasteiger partial charge on any atom is 0.228 e. The minimum Gasteiger partial charge on any atom is -0.384 e. The first-order chi connectivity index (χ1) is 12.7. The number of ether oxygens (including phenoxy) is 1. The Kier molecular flexibility index (Phi) is 6.04. The normalized spacial score (nSPS) is 10.7. The van der Waals surface area contributed by atoms with Gasteiger partial charge in [-0.25, -0.2) is 4.68 Å². The van der Waals surface area contributed by atoms with Gasteiger partial charge in [0.05, 0.1) is 24.9 Å².